The van der Waals surface area contributed by atoms with E-state index in [1.807, 2.05) is 30.3 Å². The molecule has 0 saturated heterocycles. The second-order valence-electron chi connectivity index (χ2n) is 5.37. The molecular formula is C15H15N7O. The summed E-state index contributed by atoms with van der Waals surface area (Å²) in [4.78, 5) is 21.7. The maximum absolute atomic E-state index is 11.7. The van der Waals surface area contributed by atoms with E-state index in [4.69, 9.17) is 5.73 Å². The summed E-state index contributed by atoms with van der Waals surface area (Å²) in [6.07, 6.45) is 1.47. The third kappa shape index (κ3) is 2.24. The summed E-state index contributed by atoms with van der Waals surface area (Å²) in [5.41, 5.74) is 11.0. The molecule has 0 radical (unpaired) electrons. The van der Waals surface area contributed by atoms with Gasteiger partial charge in [0.05, 0.1) is 23.5 Å². The lowest BCUT2D eigenvalue weighted by Crippen LogP contribution is -2.30. The molecule has 1 aliphatic rings. The molecule has 8 nitrogen and oxygen atoms in total. The number of carbonyl (C=O) groups excluding carboxylic acids is 1. The van der Waals surface area contributed by atoms with Gasteiger partial charge in [-0.2, -0.15) is 9.89 Å². The molecule has 8 heteroatoms. The van der Waals surface area contributed by atoms with E-state index in [1.165, 1.54) is 6.33 Å². The lowest BCUT2D eigenvalue weighted by molar-refractivity contribution is -0.119. The monoisotopic (exact) mass is 309 g/mol. The predicted molar refractivity (Wildman–Crippen MR) is 85.3 cm³/mol. The van der Waals surface area contributed by atoms with Crippen molar-refractivity contribution in [2.24, 2.45) is 5.73 Å². The van der Waals surface area contributed by atoms with Gasteiger partial charge in [0.2, 0.25) is 5.91 Å². The Hall–Kier alpha value is -3.16. The maximum Gasteiger partial charge on any atom is 0.228 e. The highest BCUT2D eigenvalue weighted by Crippen LogP contribution is 2.32. The quantitative estimate of drug-likeness (QED) is 0.649. The Kier molecular flexibility index (Phi) is 3.07. The molecule has 1 atom stereocenters. The fraction of sp³-hybridized carbons (Fsp3) is 0.200. The molecule has 0 saturated carbocycles. The SMILES string of the molecule is NC(=O)C1CNc2ncnc3c2c1nn3NCc1ccccc1. The standard InChI is InChI=1S/C15H15N7O/c16-13(23)10-7-17-14-11-12(10)21-22(15(11)19-8-18-14)20-6-9-4-2-1-3-5-9/h1-5,8,10,20H,6-7H2,(H2,16,23)(H,17,18,19). The number of benzene rings is 1. The van der Waals surface area contributed by atoms with Gasteiger partial charge in [0.15, 0.2) is 5.65 Å². The molecule has 0 aliphatic carbocycles. The molecule has 23 heavy (non-hydrogen) atoms. The Morgan fingerprint density at radius 3 is 2.96 bits per heavy atom. The van der Waals surface area contributed by atoms with Crippen LogP contribution in [0, 0.1) is 0 Å². The van der Waals surface area contributed by atoms with Crippen molar-refractivity contribution < 1.29 is 4.79 Å². The van der Waals surface area contributed by atoms with Crippen LogP contribution in [-0.2, 0) is 11.3 Å². The van der Waals surface area contributed by atoms with Crippen molar-refractivity contribution in [3.05, 3.63) is 47.9 Å². The molecule has 2 aromatic heterocycles. The number of nitrogens with zero attached hydrogens (tertiary/aromatic N) is 4. The molecular weight excluding hydrogens is 294 g/mol. The van der Waals surface area contributed by atoms with Gasteiger partial charge in [-0.25, -0.2) is 9.97 Å². The Morgan fingerprint density at radius 1 is 1.35 bits per heavy atom. The van der Waals surface area contributed by atoms with Gasteiger partial charge in [-0.05, 0) is 5.56 Å². The number of amides is 1. The van der Waals surface area contributed by atoms with E-state index in [9.17, 15) is 4.79 Å². The van der Waals surface area contributed by atoms with Crippen LogP contribution in [0.2, 0.25) is 0 Å². The summed E-state index contributed by atoms with van der Waals surface area (Å²) in [6.45, 7) is 0.981. The largest absolute Gasteiger partial charge is 0.369 e. The lowest BCUT2D eigenvalue weighted by Gasteiger charge is -2.18. The molecule has 1 aromatic carbocycles. The van der Waals surface area contributed by atoms with Crippen LogP contribution in [0.4, 0.5) is 5.82 Å². The molecule has 0 spiro atoms. The number of primary amides is 1. The van der Waals surface area contributed by atoms with Gasteiger partial charge in [0, 0.05) is 6.54 Å². The highest BCUT2D eigenvalue weighted by molar-refractivity contribution is 5.96. The first kappa shape index (κ1) is 13.5. The smallest absolute Gasteiger partial charge is 0.228 e. The Morgan fingerprint density at radius 2 is 2.17 bits per heavy atom. The minimum Gasteiger partial charge on any atom is -0.369 e. The molecule has 1 amide bonds. The van der Waals surface area contributed by atoms with Crippen LogP contribution in [-0.4, -0.2) is 32.3 Å². The minimum absolute atomic E-state index is 0.393. The molecule has 116 valence electrons. The summed E-state index contributed by atoms with van der Waals surface area (Å²) in [5.74, 6) is -0.229. The zero-order chi connectivity index (χ0) is 15.8. The van der Waals surface area contributed by atoms with E-state index in [0.717, 1.165) is 10.9 Å². The third-order valence-electron chi connectivity index (χ3n) is 3.91. The third-order valence-corrected chi connectivity index (χ3v) is 3.91. The average molecular weight is 309 g/mol. The van der Waals surface area contributed by atoms with Gasteiger partial charge in [-0.1, -0.05) is 30.3 Å². The van der Waals surface area contributed by atoms with Crippen LogP contribution in [0.5, 0.6) is 0 Å². The Bertz CT molecular complexity index is 874. The predicted octanol–water partition coefficient (Wildman–Crippen LogP) is 0.564. The van der Waals surface area contributed by atoms with E-state index in [2.05, 4.69) is 25.8 Å². The van der Waals surface area contributed by atoms with Crippen LogP contribution in [0.15, 0.2) is 36.7 Å². The number of aromatic nitrogens is 4. The van der Waals surface area contributed by atoms with E-state index >= 15 is 0 Å². The second kappa shape index (κ2) is 5.24. The molecule has 0 bridgehead atoms. The first-order valence-electron chi connectivity index (χ1n) is 7.28. The maximum atomic E-state index is 11.7. The number of hydrogen-bond acceptors (Lipinski definition) is 6. The van der Waals surface area contributed by atoms with Crippen LogP contribution in [0.3, 0.4) is 0 Å². The van der Waals surface area contributed by atoms with E-state index in [-0.39, 0.29) is 0 Å². The van der Waals surface area contributed by atoms with Gasteiger partial charge >= 0.3 is 0 Å². The van der Waals surface area contributed by atoms with Crippen molar-refractivity contribution in [3.8, 4) is 0 Å². The highest BCUT2D eigenvalue weighted by Gasteiger charge is 2.31. The van der Waals surface area contributed by atoms with Crippen molar-refractivity contribution in [1.82, 2.24) is 19.9 Å². The number of carbonyl (C=O) groups is 1. The summed E-state index contributed by atoms with van der Waals surface area (Å²) in [7, 11) is 0. The van der Waals surface area contributed by atoms with Crippen LogP contribution in [0.1, 0.15) is 17.2 Å². The number of anilines is 1. The van der Waals surface area contributed by atoms with Gasteiger partial charge in [0.1, 0.15) is 12.1 Å². The zero-order valence-electron chi connectivity index (χ0n) is 12.2. The Balaban J connectivity index is 1.74. The van der Waals surface area contributed by atoms with Gasteiger partial charge in [0.25, 0.3) is 0 Å². The number of rotatable bonds is 4. The zero-order valence-corrected chi connectivity index (χ0v) is 12.2. The van der Waals surface area contributed by atoms with Crippen LogP contribution in [0.25, 0.3) is 11.0 Å². The molecule has 3 heterocycles. The van der Waals surface area contributed by atoms with Crippen LogP contribution >= 0.6 is 0 Å². The fourth-order valence-corrected chi connectivity index (χ4v) is 2.76. The molecule has 1 unspecified atom stereocenters. The fourth-order valence-electron chi connectivity index (χ4n) is 2.76. The topological polar surface area (TPSA) is 111 Å². The highest BCUT2D eigenvalue weighted by atomic mass is 16.1. The van der Waals surface area contributed by atoms with Crippen molar-refractivity contribution in [1.29, 1.82) is 0 Å². The van der Waals surface area contributed by atoms with E-state index in [1.54, 1.807) is 4.79 Å². The van der Waals surface area contributed by atoms with Crippen molar-refractivity contribution in [2.45, 2.75) is 12.5 Å². The van der Waals surface area contributed by atoms with Crippen molar-refractivity contribution >= 4 is 22.8 Å². The first-order chi connectivity index (χ1) is 11.2. The summed E-state index contributed by atoms with van der Waals surface area (Å²) >= 11 is 0. The lowest BCUT2D eigenvalue weighted by atomic mass is 9.99. The van der Waals surface area contributed by atoms with Crippen LogP contribution < -0.4 is 16.5 Å². The van der Waals surface area contributed by atoms with E-state index in [0.29, 0.717) is 30.2 Å². The molecule has 4 rings (SSSR count). The normalized spacial score (nSPS) is 16.1. The molecule has 4 N–H and O–H groups in total. The number of hydrogen-bond donors (Lipinski definition) is 3. The number of nitrogens with one attached hydrogen (secondary N) is 2. The molecule has 3 aromatic rings. The second-order valence-corrected chi connectivity index (χ2v) is 5.37. The van der Waals surface area contributed by atoms with Crippen molar-refractivity contribution in [2.75, 3.05) is 17.3 Å². The van der Waals surface area contributed by atoms with Crippen molar-refractivity contribution in [3.63, 3.8) is 0 Å². The van der Waals surface area contributed by atoms with Gasteiger partial charge < -0.3 is 16.5 Å². The summed E-state index contributed by atoms with van der Waals surface area (Å²) in [5, 5.41) is 8.35. The van der Waals surface area contributed by atoms with Gasteiger partial charge in [-0.3, -0.25) is 4.79 Å². The van der Waals surface area contributed by atoms with E-state index < -0.39 is 11.8 Å². The molecule has 0 fully saturated rings. The summed E-state index contributed by atoms with van der Waals surface area (Å²) in [6, 6.07) is 9.96. The first-order valence-corrected chi connectivity index (χ1v) is 7.28. The summed E-state index contributed by atoms with van der Waals surface area (Å²) < 4.78 is 0. The number of nitrogens with two attached hydrogens (primary N) is 1. The average Bonchev–Trinajstić information content (AvgIpc) is 2.95. The van der Waals surface area contributed by atoms with Gasteiger partial charge in [-0.15, -0.1) is 0 Å². The molecule has 1 aliphatic heterocycles. The Labute approximate surface area is 131 Å². The minimum atomic E-state index is -0.490.